The van der Waals surface area contributed by atoms with Crippen molar-refractivity contribution in [2.24, 2.45) is 44.3 Å². The third-order valence-electron chi connectivity index (χ3n) is 18.2. The summed E-state index contributed by atoms with van der Waals surface area (Å²) in [6, 6.07) is 28.9. The summed E-state index contributed by atoms with van der Waals surface area (Å²) in [5.41, 5.74) is 16.4. The van der Waals surface area contributed by atoms with Crippen LogP contribution in [0.2, 0.25) is 0 Å². The second-order valence-corrected chi connectivity index (χ2v) is 23.3. The molecule has 1 saturated carbocycles. The summed E-state index contributed by atoms with van der Waals surface area (Å²) in [5.74, 6) is 0.318. The highest BCUT2D eigenvalue weighted by Crippen LogP contribution is 2.86. The molecule has 2 unspecified atom stereocenters. The quantitative estimate of drug-likeness (QED) is 0.247. The Morgan fingerprint density at radius 3 is 1.58 bits per heavy atom. The molecule has 0 heteroatoms. The summed E-state index contributed by atoms with van der Waals surface area (Å²) in [4.78, 5) is 0. The van der Waals surface area contributed by atoms with Crippen LogP contribution in [0.3, 0.4) is 0 Å². The summed E-state index contributed by atoms with van der Waals surface area (Å²) in [7, 11) is 0. The molecule has 60 heavy (non-hydrogen) atoms. The lowest BCUT2D eigenvalue weighted by Gasteiger charge is -2.79. The molecule has 0 nitrogen and oxygen atoms in total. The van der Waals surface area contributed by atoms with Gasteiger partial charge in [0.15, 0.2) is 0 Å². The molecule has 0 heterocycles. The van der Waals surface area contributed by atoms with Crippen molar-refractivity contribution in [1.82, 2.24) is 0 Å². The van der Waals surface area contributed by atoms with Crippen molar-refractivity contribution in [3.63, 3.8) is 0 Å². The van der Waals surface area contributed by atoms with Crippen LogP contribution in [0.5, 0.6) is 0 Å². The number of hydrogen-bond donors (Lipinski definition) is 0. The van der Waals surface area contributed by atoms with Gasteiger partial charge in [-0.25, -0.2) is 0 Å². The first-order chi connectivity index (χ1) is 28.1. The lowest BCUT2D eigenvalue weighted by atomic mass is 9.23. The van der Waals surface area contributed by atoms with Gasteiger partial charge >= 0.3 is 0 Å². The molecule has 9 rings (SSSR count). The summed E-state index contributed by atoms with van der Waals surface area (Å²) in [6.45, 7) is 35.2. The molecule has 0 bridgehead atoms. The number of hydrogen-bond acceptors (Lipinski definition) is 0. The molecule has 3 aromatic rings. The van der Waals surface area contributed by atoms with Gasteiger partial charge in [-0.05, 0) is 107 Å². The van der Waals surface area contributed by atoms with E-state index in [1.165, 1.54) is 50.1 Å². The SMILES string of the molecule is CC(C)(C)c1ccc(C(=C2CC=CC3=C4C(=C5C(C)(C)C(C)(C)C(C)(C)C(C)(C)C5(C5C=CC=C5)C32C2C=CC=C2)Cc2ccccc24)c2ccc(C(C)(C)C)cc2)cc1. The number of rotatable bonds is 4. The van der Waals surface area contributed by atoms with Crippen molar-refractivity contribution in [1.29, 1.82) is 0 Å². The van der Waals surface area contributed by atoms with Crippen LogP contribution >= 0.6 is 0 Å². The van der Waals surface area contributed by atoms with Gasteiger partial charge in [-0.15, -0.1) is 0 Å². The third-order valence-corrected chi connectivity index (χ3v) is 18.2. The van der Waals surface area contributed by atoms with Gasteiger partial charge in [-0.2, -0.15) is 0 Å². The van der Waals surface area contributed by atoms with Crippen LogP contribution < -0.4 is 0 Å². The minimum absolute atomic E-state index is 0.0376. The zero-order valence-corrected chi connectivity index (χ0v) is 39.3. The monoisotopic (exact) mass is 791 g/mol. The third kappa shape index (κ3) is 5.03. The Hall–Kier alpha value is -4.42. The Balaban J connectivity index is 1.56. The molecule has 0 N–H and O–H groups in total. The maximum atomic E-state index is 2.70. The fraction of sp³-hybridized carbons (Fsp3) is 0.433. The molecule has 3 aromatic carbocycles. The normalized spacial score (nSPS) is 27.1. The van der Waals surface area contributed by atoms with E-state index in [1.807, 2.05) is 0 Å². The summed E-state index contributed by atoms with van der Waals surface area (Å²) in [5, 5.41) is 0. The smallest absolute Gasteiger partial charge is 0.0385 e. The highest BCUT2D eigenvalue weighted by Gasteiger charge is 2.80. The molecule has 0 amide bonds. The highest BCUT2D eigenvalue weighted by molar-refractivity contribution is 5.96. The van der Waals surface area contributed by atoms with Crippen LogP contribution in [0.15, 0.2) is 156 Å². The van der Waals surface area contributed by atoms with Gasteiger partial charge in [0.1, 0.15) is 0 Å². The van der Waals surface area contributed by atoms with Gasteiger partial charge in [-0.1, -0.05) is 236 Å². The molecule has 6 aliphatic carbocycles. The zero-order chi connectivity index (χ0) is 43.1. The van der Waals surface area contributed by atoms with Gasteiger partial charge in [0.05, 0.1) is 0 Å². The first-order valence-electron chi connectivity index (χ1n) is 23.0. The molecular formula is C60H70. The van der Waals surface area contributed by atoms with E-state index >= 15 is 0 Å². The minimum Gasteiger partial charge on any atom is -0.0801 e. The van der Waals surface area contributed by atoms with E-state index in [0.717, 1.165) is 12.8 Å². The maximum absolute atomic E-state index is 2.70. The van der Waals surface area contributed by atoms with Crippen LogP contribution in [-0.2, 0) is 17.3 Å². The summed E-state index contributed by atoms with van der Waals surface area (Å²) < 4.78 is 0. The lowest BCUT2D eigenvalue weighted by Crippen LogP contribution is -2.74. The average Bonchev–Trinajstić information content (AvgIpc) is 3.99. The fourth-order valence-electron chi connectivity index (χ4n) is 13.9. The predicted molar refractivity (Wildman–Crippen MR) is 258 cm³/mol. The Bertz CT molecular complexity index is 2440. The molecule has 0 spiro atoms. The second kappa shape index (κ2) is 13.0. The van der Waals surface area contributed by atoms with Crippen LogP contribution in [-0.4, -0.2) is 0 Å². The Labute approximate surface area is 363 Å². The van der Waals surface area contributed by atoms with E-state index in [4.69, 9.17) is 0 Å². The molecule has 0 saturated heterocycles. The van der Waals surface area contributed by atoms with Crippen LogP contribution in [0.25, 0.3) is 11.1 Å². The first-order valence-corrected chi connectivity index (χ1v) is 23.0. The van der Waals surface area contributed by atoms with Crippen molar-refractivity contribution in [3.05, 3.63) is 189 Å². The number of allylic oxidation sites excluding steroid dienone is 15. The van der Waals surface area contributed by atoms with Crippen molar-refractivity contribution < 1.29 is 0 Å². The van der Waals surface area contributed by atoms with E-state index in [1.54, 1.807) is 16.7 Å². The Morgan fingerprint density at radius 2 is 1.07 bits per heavy atom. The van der Waals surface area contributed by atoms with Gasteiger partial charge in [0, 0.05) is 22.7 Å². The van der Waals surface area contributed by atoms with E-state index in [9.17, 15) is 0 Å². The average molecular weight is 791 g/mol. The zero-order valence-electron chi connectivity index (χ0n) is 39.3. The first kappa shape index (κ1) is 41.0. The van der Waals surface area contributed by atoms with Crippen molar-refractivity contribution in [3.8, 4) is 0 Å². The van der Waals surface area contributed by atoms with Gasteiger partial charge < -0.3 is 0 Å². The largest absolute Gasteiger partial charge is 0.0801 e. The molecule has 2 atom stereocenters. The molecule has 1 fully saturated rings. The van der Waals surface area contributed by atoms with E-state index in [-0.39, 0.29) is 49.7 Å². The molecule has 0 radical (unpaired) electrons. The van der Waals surface area contributed by atoms with Gasteiger partial charge in [0.2, 0.25) is 0 Å². The van der Waals surface area contributed by atoms with Crippen LogP contribution in [0.4, 0.5) is 0 Å². The van der Waals surface area contributed by atoms with E-state index in [2.05, 4.69) is 230 Å². The topological polar surface area (TPSA) is 0 Å². The summed E-state index contributed by atoms with van der Waals surface area (Å²) in [6.07, 6.45) is 26.9. The van der Waals surface area contributed by atoms with E-state index < -0.39 is 5.41 Å². The molecule has 0 aliphatic heterocycles. The fourth-order valence-corrected chi connectivity index (χ4v) is 13.9. The lowest BCUT2D eigenvalue weighted by molar-refractivity contribution is -0.220. The molecule has 310 valence electrons. The maximum Gasteiger partial charge on any atom is 0.0385 e. The van der Waals surface area contributed by atoms with Gasteiger partial charge in [-0.3, -0.25) is 0 Å². The molecule has 0 aromatic heterocycles. The number of fused-ring (bicyclic) bond motifs is 6. The van der Waals surface area contributed by atoms with Crippen LogP contribution in [0.1, 0.15) is 137 Å². The molecular weight excluding hydrogens is 721 g/mol. The Morgan fingerprint density at radius 1 is 0.567 bits per heavy atom. The van der Waals surface area contributed by atoms with Crippen molar-refractivity contribution in [2.75, 3.05) is 0 Å². The van der Waals surface area contributed by atoms with E-state index in [0.29, 0.717) is 0 Å². The Kier molecular flexibility index (Phi) is 8.91. The second-order valence-electron chi connectivity index (χ2n) is 23.3. The highest BCUT2D eigenvalue weighted by atomic mass is 14.8. The van der Waals surface area contributed by atoms with Crippen molar-refractivity contribution in [2.45, 2.75) is 121 Å². The standard InChI is InChI=1S/C60H70/c1-53(2,3)42-34-30-39(31-35-42)50(40-32-36-43(37-33-40)54(4,5)6)48-28-21-29-49-51-46-27-20-15-22-41(46)38-47(51)52-55(7,8)56(9,10)57(11,12)58(13,14)60(52,45-25-18-19-26-45)59(48,49)44-23-16-17-24-44/h15-27,29-37,44-45H,28,38H2,1-14H3. The predicted octanol–water partition coefficient (Wildman–Crippen LogP) is 15.9. The minimum atomic E-state index is -0.449. The molecule has 6 aliphatic rings. The van der Waals surface area contributed by atoms with Gasteiger partial charge in [0.25, 0.3) is 0 Å². The number of benzene rings is 3. The van der Waals surface area contributed by atoms with Crippen LogP contribution in [0, 0.1) is 44.3 Å². The summed E-state index contributed by atoms with van der Waals surface area (Å²) >= 11 is 0. The van der Waals surface area contributed by atoms with Crippen molar-refractivity contribution >= 4 is 11.1 Å².